The summed E-state index contributed by atoms with van der Waals surface area (Å²) in [6, 6.07) is 8.36. The summed E-state index contributed by atoms with van der Waals surface area (Å²) in [4.78, 5) is 10.5. The summed E-state index contributed by atoms with van der Waals surface area (Å²) in [6.45, 7) is 0.768. The molecule has 5 nitrogen and oxygen atoms in total. The van der Waals surface area contributed by atoms with Crippen molar-refractivity contribution < 1.29 is 4.92 Å². The molecule has 3 aliphatic rings. The number of nitrogens with zero attached hydrogens (tertiary/aromatic N) is 2. The van der Waals surface area contributed by atoms with E-state index < -0.39 is 0 Å². The van der Waals surface area contributed by atoms with Crippen LogP contribution < -0.4 is 5.43 Å². The van der Waals surface area contributed by atoms with Crippen molar-refractivity contribution in [2.45, 2.75) is 76.4 Å². The van der Waals surface area contributed by atoms with Gasteiger partial charge in [0.05, 0.1) is 4.92 Å². The lowest BCUT2D eigenvalue weighted by molar-refractivity contribution is -0.384. The van der Waals surface area contributed by atoms with Crippen molar-refractivity contribution in [1.82, 2.24) is 10.4 Å². The number of hydrogen-bond acceptors (Lipinski definition) is 4. The van der Waals surface area contributed by atoms with Gasteiger partial charge in [0.15, 0.2) is 0 Å². The average Bonchev–Trinajstić information content (AvgIpc) is 2.65. The number of piperidine rings is 1. The molecule has 25 heavy (non-hydrogen) atoms. The molecular formula is C20H29N3O2. The molecule has 1 aromatic carbocycles. The van der Waals surface area contributed by atoms with E-state index in [2.05, 4.69) is 10.4 Å². The topological polar surface area (TPSA) is 58.4 Å². The van der Waals surface area contributed by atoms with Gasteiger partial charge in [0, 0.05) is 30.8 Å². The molecule has 3 fully saturated rings. The van der Waals surface area contributed by atoms with Gasteiger partial charge >= 0.3 is 0 Å². The SMILES string of the molecule is O=[N+]([O-])c1ccc(CNN2[C@@H]3CCCC[C@@H]3C[C@@H]3CCCC[C@@H]32)cc1. The number of nitrogens with one attached hydrogen (secondary N) is 1. The molecular weight excluding hydrogens is 314 g/mol. The lowest BCUT2D eigenvalue weighted by atomic mass is 9.69. The largest absolute Gasteiger partial charge is 0.269 e. The van der Waals surface area contributed by atoms with Crippen LogP contribution in [0.3, 0.4) is 0 Å². The number of hydrogen-bond donors (Lipinski definition) is 1. The van der Waals surface area contributed by atoms with E-state index >= 15 is 0 Å². The summed E-state index contributed by atoms with van der Waals surface area (Å²) >= 11 is 0. The third kappa shape index (κ3) is 3.58. The fourth-order valence-corrected chi connectivity index (χ4v) is 5.45. The van der Waals surface area contributed by atoms with E-state index in [1.165, 1.54) is 57.8 Å². The number of hydrazine groups is 1. The molecule has 2 saturated carbocycles. The second kappa shape index (κ2) is 7.42. The lowest BCUT2D eigenvalue weighted by Gasteiger charge is -2.53. The number of rotatable bonds is 4. The van der Waals surface area contributed by atoms with E-state index in [1.807, 2.05) is 12.1 Å². The van der Waals surface area contributed by atoms with Crippen LogP contribution in [0.2, 0.25) is 0 Å². The van der Waals surface area contributed by atoms with Crippen LogP contribution in [0.5, 0.6) is 0 Å². The highest BCUT2D eigenvalue weighted by Crippen LogP contribution is 2.44. The first-order valence-corrected chi connectivity index (χ1v) is 9.97. The van der Waals surface area contributed by atoms with Gasteiger partial charge in [-0.15, -0.1) is 0 Å². The molecule has 0 amide bonds. The van der Waals surface area contributed by atoms with Crippen molar-refractivity contribution in [3.8, 4) is 0 Å². The number of benzene rings is 1. The fraction of sp³-hybridized carbons (Fsp3) is 0.700. The van der Waals surface area contributed by atoms with E-state index in [-0.39, 0.29) is 10.6 Å². The van der Waals surface area contributed by atoms with Gasteiger partial charge in [0.2, 0.25) is 0 Å². The zero-order valence-electron chi connectivity index (χ0n) is 14.9. The van der Waals surface area contributed by atoms with Gasteiger partial charge in [-0.25, -0.2) is 5.01 Å². The van der Waals surface area contributed by atoms with E-state index in [1.54, 1.807) is 12.1 Å². The van der Waals surface area contributed by atoms with Crippen LogP contribution in [-0.4, -0.2) is 22.0 Å². The molecule has 0 spiro atoms. The summed E-state index contributed by atoms with van der Waals surface area (Å²) in [5.41, 5.74) is 5.04. The Kier molecular flexibility index (Phi) is 5.04. The normalized spacial score (nSPS) is 32.6. The second-order valence-corrected chi connectivity index (χ2v) is 8.13. The number of nitro groups is 1. The highest BCUT2D eigenvalue weighted by Gasteiger charge is 2.44. The number of nitro benzene ring substituents is 1. The van der Waals surface area contributed by atoms with E-state index in [0.29, 0.717) is 12.1 Å². The van der Waals surface area contributed by atoms with Gasteiger partial charge in [-0.1, -0.05) is 37.8 Å². The zero-order chi connectivity index (χ0) is 17.2. The van der Waals surface area contributed by atoms with Crippen molar-refractivity contribution in [2.75, 3.05) is 0 Å². The molecule has 4 rings (SSSR count). The first-order valence-electron chi connectivity index (χ1n) is 9.97. The van der Waals surface area contributed by atoms with Crippen molar-refractivity contribution in [2.24, 2.45) is 11.8 Å². The summed E-state index contributed by atoms with van der Waals surface area (Å²) in [5, 5.41) is 13.4. The van der Waals surface area contributed by atoms with Crippen LogP contribution in [0.4, 0.5) is 5.69 Å². The molecule has 1 heterocycles. The van der Waals surface area contributed by atoms with Gasteiger partial charge in [-0.05, 0) is 49.5 Å². The van der Waals surface area contributed by atoms with Gasteiger partial charge < -0.3 is 0 Å². The predicted molar refractivity (Wildman–Crippen MR) is 97.9 cm³/mol. The van der Waals surface area contributed by atoms with Crippen molar-refractivity contribution >= 4 is 5.69 Å². The average molecular weight is 343 g/mol. The molecule has 1 N–H and O–H groups in total. The molecule has 2 aliphatic carbocycles. The van der Waals surface area contributed by atoms with Gasteiger partial charge in [-0.3, -0.25) is 15.5 Å². The highest BCUT2D eigenvalue weighted by molar-refractivity contribution is 5.32. The maximum atomic E-state index is 10.8. The third-order valence-corrected chi connectivity index (χ3v) is 6.67. The molecule has 0 radical (unpaired) electrons. The Balaban J connectivity index is 1.46. The second-order valence-electron chi connectivity index (χ2n) is 8.13. The number of non-ortho nitro benzene ring substituents is 1. The maximum Gasteiger partial charge on any atom is 0.269 e. The Hall–Kier alpha value is -1.46. The van der Waals surface area contributed by atoms with Crippen LogP contribution in [0.1, 0.15) is 63.4 Å². The molecule has 0 bridgehead atoms. The van der Waals surface area contributed by atoms with Crippen LogP contribution in [0.25, 0.3) is 0 Å². The monoisotopic (exact) mass is 343 g/mol. The summed E-state index contributed by atoms with van der Waals surface area (Å²) in [5.74, 6) is 1.72. The highest BCUT2D eigenvalue weighted by atomic mass is 16.6. The maximum absolute atomic E-state index is 10.8. The van der Waals surface area contributed by atoms with Gasteiger partial charge in [-0.2, -0.15) is 0 Å². The Morgan fingerprint density at radius 1 is 0.960 bits per heavy atom. The van der Waals surface area contributed by atoms with Crippen LogP contribution in [0.15, 0.2) is 24.3 Å². The smallest absolute Gasteiger partial charge is 0.258 e. The summed E-state index contributed by atoms with van der Waals surface area (Å²) in [6.07, 6.45) is 12.4. The quantitative estimate of drug-likeness (QED) is 0.649. The Bertz CT molecular complexity index is 581. The Morgan fingerprint density at radius 3 is 2.08 bits per heavy atom. The minimum atomic E-state index is -0.332. The Morgan fingerprint density at radius 2 is 1.52 bits per heavy atom. The molecule has 0 unspecified atom stereocenters. The third-order valence-electron chi connectivity index (χ3n) is 6.67. The predicted octanol–water partition coefficient (Wildman–Crippen LogP) is 4.42. The minimum absolute atomic E-state index is 0.168. The molecule has 1 aliphatic heterocycles. The minimum Gasteiger partial charge on any atom is -0.258 e. The fourth-order valence-electron chi connectivity index (χ4n) is 5.45. The lowest BCUT2D eigenvalue weighted by Crippen LogP contribution is -2.61. The molecule has 0 aromatic heterocycles. The summed E-state index contributed by atoms with van der Waals surface area (Å²) in [7, 11) is 0. The van der Waals surface area contributed by atoms with Gasteiger partial charge in [0.1, 0.15) is 0 Å². The van der Waals surface area contributed by atoms with E-state index in [9.17, 15) is 10.1 Å². The molecule has 4 atom stereocenters. The molecule has 1 aromatic rings. The molecule has 1 saturated heterocycles. The molecule has 136 valence electrons. The van der Waals surface area contributed by atoms with Crippen molar-refractivity contribution in [1.29, 1.82) is 0 Å². The van der Waals surface area contributed by atoms with Crippen LogP contribution in [-0.2, 0) is 6.54 Å². The summed E-state index contributed by atoms with van der Waals surface area (Å²) < 4.78 is 0. The van der Waals surface area contributed by atoms with Crippen LogP contribution >= 0.6 is 0 Å². The van der Waals surface area contributed by atoms with E-state index in [0.717, 1.165) is 23.9 Å². The number of fused-ring (bicyclic) bond motifs is 2. The van der Waals surface area contributed by atoms with E-state index in [4.69, 9.17) is 0 Å². The standard InChI is InChI=1S/C20H29N3O2/c24-23(25)18-11-9-15(10-12-18)14-21-22-19-7-3-1-5-16(19)13-17-6-2-4-8-20(17)22/h9-12,16-17,19-21H,1-8,13-14H2/t16-,17+,19-,20+. The first kappa shape index (κ1) is 17.0. The Labute approximate surface area is 149 Å². The first-order chi connectivity index (χ1) is 12.2. The van der Waals surface area contributed by atoms with Crippen molar-refractivity contribution in [3.05, 3.63) is 39.9 Å². The van der Waals surface area contributed by atoms with Gasteiger partial charge in [0.25, 0.3) is 5.69 Å². The molecule has 5 heteroatoms. The van der Waals surface area contributed by atoms with Crippen molar-refractivity contribution in [3.63, 3.8) is 0 Å². The zero-order valence-corrected chi connectivity index (χ0v) is 14.9. The van der Waals surface area contributed by atoms with Crippen LogP contribution in [0, 0.1) is 22.0 Å².